The minimum absolute atomic E-state index is 0.803. The molecule has 0 heterocycles. The van der Waals surface area contributed by atoms with E-state index >= 15 is 0 Å². The van der Waals surface area contributed by atoms with Gasteiger partial charge in [-0.1, -0.05) is 36.4 Å². The summed E-state index contributed by atoms with van der Waals surface area (Å²) >= 11 is 0. The molecule has 16 heavy (non-hydrogen) atoms. The highest BCUT2D eigenvalue weighted by atomic mass is 15.1. The second kappa shape index (κ2) is 4.71. The van der Waals surface area contributed by atoms with Gasteiger partial charge in [0, 0.05) is 25.0 Å². The quantitative estimate of drug-likeness (QED) is 0.793. The molecule has 0 aliphatic heterocycles. The number of nitrogens with zero attached hydrogens (tertiary/aromatic N) is 1. The zero-order valence-electron chi connectivity index (χ0n) is 9.43. The van der Waals surface area contributed by atoms with Gasteiger partial charge in [-0.25, -0.2) is 0 Å². The molecule has 0 aliphatic rings. The van der Waals surface area contributed by atoms with E-state index in [0.29, 0.717) is 0 Å². The Morgan fingerprint density at radius 3 is 2.44 bits per heavy atom. The van der Waals surface area contributed by atoms with Crippen LogP contribution in [0.4, 0.5) is 11.4 Å². The summed E-state index contributed by atoms with van der Waals surface area (Å²) in [6.07, 6.45) is 0. The van der Waals surface area contributed by atoms with Gasteiger partial charge < -0.3 is 10.6 Å². The van der Waals surface area contributed by atoms with Crippen molar-refractivity contribution in [3.63, 3.8) is 0 Å². The first-order chi connectivity index (χ1) is 7.75. The average Bonchev–Trinajstić information content (AvgIpc) is 2.30. The number of nitrogen functional groups attached to an aromatic ring is 1. The Morgan fingerprint density at radius 1 is 1.00 bits per heavy atom. The lowest BCUT2D eigenvalue weighted by atomic mass is 10.2. The van der Waals surface area contributed by atoms with Crippen molar-refractivity contribution < 1.29 is 0 Å². The third kappa shape index (κ3) is 2.54. The maximum Gasteiger partial charge on any atom is 0.0426 e. The maximum atomic E-state index is 5.76. The van der Waals surface area contributed by atoms with Crippen molar-refractivity contribution in [3.05, 3.63) is 60.2 Å². The van der Waals surface area contributed by atoms with E-state index < -0.39 is 0 Å². The molecule has 2 aromatic rings. The number of anilines is 2. The molecule has 2 N–H and O–H groups in total. The van der Waals surface area contributed by atoms with Crippen LogP contribution in [0.3, 0.4) is 0 Å². The molecule has 0 fully saturated rings. The van der Waals surface area contributed by atoms with Crippen molar-refractivity contribution in [1.82, 2.24) is 0 Å². The highest BCUT2D eigenvalue weighted by Gasteiger charge is 2.01. The Morgan fingerprint density at radius 2 is 1.75 bits per heavy atom. The van der Waals surface area contributed by atoms with Crippen LogP contribution in [0.25, 0.3) is 0 Å². The summed E-state index contributed by atoms with van der Waals surface area (Å²) in [6.45, 7) is 0.893. The van der Waals surface area contributed by atoms with Gasteiger partial charge >= 0.3 is 0 Å². The topological polar surface area (TPSA) is 29.3 Å². The summed E-state index contributed by atoms with van der Waals surface area (Å²) in [5.41, 5.74) is 9.01. The van der Waals surface area contributed by atoms with Crippen molar-refractivity contribution in [2.24, 2.45) is 0 Å². The lowest BCUT2D eigenvalue weighted by Crippen LogP contribution is -2.16. The summed E-state index contributed by atoms with van der Waals surface area (Å²) in [4.78, 5) is 2.19. The molecule has 82 valence electrons. The smallest absolute Gasteiger partial charge is 0.0426 e. The number of rotatable bonds is 3. The summed E-state index contributed by atoms with van der Waals surface area (Å²) in [6, 6.07) is 18.3. The van der Waals surface area contributed by atoms with Crippen LogP contribution in [-0.2, 0) is 6.54 Å². The first kappa shape index (κ1) is 10.6. The Hall–Kier alpha value is -1.96. The molecular formula is C14H16N2. The van der Waals surface area contributed by atoms with Crippen LogP contribution < -0.4 is 10.6 Å². The summed E-state index contributed by atoms with van der Waals surface area (Å²) in [5, 5.41) is 0. The standard InChI is InChI=1S/C14H16N2/c1-16(11-12-6-3-2-4-7-12)14-9-5-8-13(15)10-14/h2-10H,11,15H2,1H3. The molecule has 0 aliphatic carbocycles. The lowest BCUT2D eigenvalue weighted by Gasteiger charge is -2.19. The first-order valence-corrected chi connectivity index (χ1v) is 5.36. The summed E-state index contributed by atoms with van der Waals surface area (Å²) < 4.78 is 0. The fourth-order valence-electron chi connectivity index (χ4n) is 1.71. The van der Waals surface area contributed by atoms with E-state index in [2.05, 4.69) is 42.3 Å². The molecule has 0 atom stereocenters. The molecule has 0 saturated carbocycles. The molecule has 2 nitrogen and oxygen atoms in total. The van der Waals surface area contributed by atoms with Gasteiger partial charge in [0.15, 0.2) is 0 Å². The monoisotopic (exact) mass is 212 g/mol. The van der Waals surface area contributed by atoms with E-state index in [0.717, 1.165) is 17.9 Å². The third-order valence-corrected chi connectivity index (χ3v) is 2.57. The van der Waals surface area contributed by atoms with Crippen LogP contribution in [0.2, 0.25) is 0 Å². The Labute approximate surface area is 96.3 Å². The molecule has 0 amide bonds. The van der Waals surface area contributed by atoms with Crippen molar-refractivity contribution in [2.45, 2.75) is 6.54 Å². The second-order valence-electron chi connectivity index (χ2n) is 3.94. The molecule has 0 bridgehead atoms. The second-order valence-corrected chi connectivity index (χ2v) is 3.94. The number of benzene rings is 2. The maximum absolute atomic E-state index is 5.76. The van der Waals surface area contributed by atoms with E-state index in [1.54, 1.807) is 0 Å². The highest BCUT2D eigenvalue weighted by molar-refractivity contribution is 5.55. The molecule has 2 aromatic carbocycles. The summed E-state index contributed by atoms with van der Waals surface area (Å²) in [5.74, 6) is 0. The van der Waals surface area contributed by atoms with Crippen LogP contribution in [0.5, 0.6) is 0 Å². The van der Waals surface area contributed by atoms with Crippen LogP contribution >= 0.6 is 0 Å². The van der Waals surface area contributed by atoms with E-state index in [1.807, 2.05) is 24.3 Å². The van der Waals surface area contributed by atoms with Gasteiger partial charge in [-0.05, 0) is 23.8 Å². The van der Waals surface area contributed by atoms with Gasteiger partial charge in [0.05, 0.1) is 0 Å². The van der Waals surface area contributed by atoms with Gasteiger partial charge in [0.1, 0.15) is 0 Å². The van der Waals surface area contributed by atoms with E-state index in [9.17, 15) is 0 Å². The van der Waals surface area contributed by atoms with Crippen LogP contribution in [0.1, 0.15) is 5.56 Å². The molecule has 0 saturated heterocycles. The molecule has 0 aromatic heterocycles. The van der Waals surface area contributed by atoms with Crippen molar-refractivity contribution in [1.29, 1.82) is 0 Å². The van der Waals surface area contributed by atoms with Gasteiger partial charge in [-0.15, -0.1) is 0 Å². The predicted octanol–water partition coefficient (Wildman–Crippen LogP) is 2.91. The van der Waals surface area contributed by atoms with Gasteiger partial charge in [0.2, 0.25) is 0 Å². The zero-order chi connectivity index (χ0) is 11.4. The van der Waals surface area contributed by atoms with Gasteiger partial charge in [-0.2, -0.15) is 0 Å². The van der Waals surface area contributed by atoms with Crippen LogP contribution in [0, 0.1) is 0 Å². The Bertz CT molecular complexity index is 451. The van der Waals surface area contributed by atoms with Crippen molar-refractivity contribution in [2.75, 3.05) is 17.7 Å². The first-order valence-electron chi connectivity index (χ1n) is 5.36. The lowest BCUT2D eigenvalue weighted by molar-refractivity contribution is 0.923. The molecule has 2 rings (SSSR count). The molecule has 0 spiro atoms. The number of hydrogen-bond donors (Lipinski definition) is 1. The normalized spacial score (nSPS) is 10.1. The minimum Gasteiger partial charge on any atom is -0.399 e. The number of nitrogens with two attached hydrogens (primary N) is 1. The van der Waals surface area contributed by atoms with Crippen LogP contribution in [0.15, 0.2) is 54.6 Å². The molecule has 2 heteroatoms. The molecule has 0 radical (unpaired) electrons. The van der Waals surface area contributed by atoms with Gasteiger partial charge in [0.25, 0.3) is 0 Å². The predicted molar refractivity (Wildman–Crippen MR) is 69.4 cm³/mol. The Kier molecular flexibility index (Phi) is 3.10. The van der Waals surface area contributed by atoms with E-state index in [4.69, 9.17) is 5.73 Å². The van der Waals surface area contributed by atoms with Crippen molar-refractivity contribution >= 4 is 11.4 Å². The zero-order valence-corrected chi connectivity index (χ0v) is 9.43. The number of hydrogen-bond acceptors (Lipinski definition) is 2. The summed E-state index contributed by atoms with van der Waals surface area (Å²) in [7, 11) is 2.07. The SMILES string of the molecule is CN(Cc1ccccc1)c1cccc(N)c1. The van der Waals surface area contributed by atoms with Crippen LogP contribution in [-0.4, -0.2) is 7.05 Å². The van der Waals surface area contributed by atoms with Gasteiger partial charge in [-0.3, -0.25) is 0 Å². The fraction of sp³-hybridized carbons (Fsp3) is 0.143. The fourth-order valence-corrected chi connectivity index (χ4v) is 1.71. The minimum atomic E-state index is 0.803. The molecule has 0 unspecified atom stereocenters. The van der Waals surface area contributed by atoms with E-state index in [1.165, 1.54) is 5.56 Å². The van der Waals surface area contributed by atoms with E-state index in [-0.39, 0.29) is 0 Å². The molecular weight excluding hydrogens is 196 g/mol. The Balaban J connectivity index is 2.12. The highest BCUT2D eigenvalue weighted by Crippen LogP contribution is 2.17. The van der Waals surface area contributed by atoms with Crippen molar-refractivity contribution in [3.8, 4) is 0 Å². The average molecular weight is 212 g/mol. The third-order valence-electron chi connectivity index (χ3n) is 2.57. The largest absolute Gasteiger partial charge is 0.399 e.